The minimum atomic E-state index is 0.598. The summed E-state index contributed by atoms with van der Waals surface area (Å²) in [5.41, 5.74) is 14.3. The second-order valence-electron chi connectivity index (χ2n) is 14.3. The molecule has 0 saturated heterocycles. The summed E-state index contributed by atoms with van der Waals surface area (Å²) in [6.07, 6.45) is 0. The zero-order chi connectivity index (χ0) is 37.7. The van der Waals surface area contributed by atoms with Crippen molar-refractivity contribution in [1.29, 1.82) is 0 Å². The summed E-state index contributed by atoms with van der Waals surface area (Å²) in [7, 11) is 0. The van der Waals surface area contributed by atoms with Gasteiger partial charge in [-0.05, 0) is 105 Å². The summed E-state index contributed by atoms with van der Waals surface area (Å²) in [5.74, 6) is 0.598. The standard InChI is InChI=1S/C53H34N2O2/c1-4-12-35(13-5-1)36-20-25-41(26-21-36)55(48-31-29-43(38-14-6-2-7-15-38)44-18-10-11-19-45(44)48)42-27-22-37(23-28-42)40-24-32-49-46(34-40)51-50(56-49)33-30-47-52(51)57-53(54-47)39-16-8-3-9-17-39/h1-34H. The van der Waals surface area contributed by atoms with E-state index in [9.17, 15) is 0 Å². The number of benzene rings is 9. The Morgan fingerprint density at radius 1 is 0.368 bits per heavy atom. The van der Waals surface area contributed by atoms with E-state index in [1.54, 1.807) is 0 Å². The highest BCUT2D eigenvalue weighted by molar-refractivity contribution is 6.17. The number of anilines is 3. The van der Waals surface area contributed by atoms with Gasteiger partial charge in [0.2, 0.25) is 5.89 Å². The van der Waals surface area contributed by atoms with Gasteiger partial charge in [0.05, 0.1) is 11.1 Å². The van der Waals surface area contributed by atoms with Gasteiger partial charge >= 0.3 is 0 Å². The zero-order valence-electron chi connectivity index (χ0n) is 30.8. The van der Waals surface area contributed by atoms with E-state index in [-0.39, 0.29) is 0 Å². The van der Waals surface area contributed by atoms with E-state index in [0.29, 0.717) is 5.89 Å². The summed E-state index contributed by atoms with van der Waals surface area (Å²) >= 11 is 0. The monoisotopic (exact) mass is 730 g/mol. The van der Waals surface area contributed by atoms with Crippen LogP contribution < -0.4 is 4.90 Å². The third-order valence-corrected chi connectivity index (χ3v) is 10.9. The Bertz CT molecular complexity index is 3200. The van der Waals surface area contributed by atoms with Crippen LogP contribution in [0.15, 0.2) is 215 Å². The SMILES string of the molecule is c1ccc(-c2ccc(N(c3ccc(-c4ccc5oc6ccc7nc(-c8ccccc8)oc7c6c5c4)cc3)c3ccc(-c4ccccc4)c4ccccc34)cc2)cc1. The molecule has 0 spiro atoms. The molecule has 2 aromatic heterocycles. The smallest absolute Gasteiger partial charge is 0.227 e. The molecule has 0 bridgehead atoms. The van der Waals surface area contributed by atoms with E-state index in [4.69, 9.17) is 13.8 Å². The van der Waals surface area contributed by atoms with E-state index >= 15 is 0 Å². The van der Waals surface area contributed by atoms with E-state index in [0.717, 1.165) is 66.8 Å². The molecule has 4 nitrogen and oxygen atoms in total. The highest BCUT2D eigenvalue weighted by Gasteiger charge is 2.20. The fourth-order valence-corrected chi connectivity index (χ4v) is 8.14. The van der Waals surface area contributed by atoms with Crippen molar-refractivity contribution in [3.05, 3.63) is 206 Å². The second kappa shape index (κ2) is 13.6. The van der Waals surface area contributed by atoms with Gasteiger partial charge in [0, 0.05) is 27.7 Å². The molecule has 0 fully saturated rings. The largest absolute Gasteiger partial charge is 0.456 e. The van der Waals surface area contributed by atoms with Crippen LogP contribution in [0.3, 0.4) is 0 Å². The molecule has 0 N–H and O–H groups in total. The number of furan rings is 1. The maximum absolute atomic E-state index is 6.42. The van der Waals surface area contributed by atoms with Crippen molar-refractivity contribution in [2.24, 2.45) is 0 Å². The maximum Gasteiger partial charge on any atom is 0.227 e. The van der Waals surface area contributed by atoms with Crippen LogP contribution in [0.1, 0.15) is 0 Å². The Morgan fingerprint density at radius 2 is 0.912 bits per heavy atom. The van der Waals surface area contributed by atoms with Gasteiger partial charge in [-0.1, -0.05) is 140 Å². The number of nitrogens with zero attached hydrogens (tertiary/aromatic N) is 2. The van der Waals surface area contributed by atoms with Crippen LogP contribution in [0.2, 0.25) is 0 Å². The second-order valence-corrected chi connectivity index (χ2v) is 14.3. The number of oxazole rings is 1. The molecular formula is C53H34N2O2. The Kier molecular flexibility index (Phi) is 7.78. The molecule has 268 valence electrons. The van der Waals surface area contributed by atoms with Crippen LogP contribution in [0.5, 0.6) is 0 Å². The molecule has 0 saturated carbocycles. The molecule has 4 heteroatoms. The third kappa shape index (κ3) is 5.74. The molecule has 9 aromatic carbocycles. The average molecular weight is 731 g/mol. The van der Waals surface area contributed by atoms with Crippen molar-refractivity contribution < 1.29 is 8.83 Å². The van der Waals surface area contributed by atoms with Crippen LogP contribution in [0.25, 0.3) is 88.6 Å². The Hall–Kier alpha value is -7.69. The summed E-state index contributed by atoms with van der Waals surface area (Å²) in [5, 5.41) is 4.33. The molecule has 57 heavy (non-hydrogen) atoms. The third-order valence-electron chi connectivity index (χ3n) is 10.9. The van der Waals surface area contributed by atoms with E-state index < -0.39 is 0 Å². The predicted octanol–water partition coefficient (Wildman–Crippen LogP) is 15.0. The van der Waals surface area contributed by atoms with E-state index in [2.05, 4.69) is 169 Å². The molecule has 0 aliphatic rings. The summed E-state index contributed by atoms with van der Waals surface area (Å²) in [6.45, 7) is 0. The van der Waals surface area contributed by atoms with Gasteiger partial charge in [0.25, 0.3) is 0 Å². The molecule has 11 rings (SSSR count). The summed E-state index contributed by atoms with van der Waals surface area (Å²) in [4.78, 5) is 7.19. The highest BCUT2D eigenvalue weighted by atomic mass is 16.4. The fourth-order valence-electron chi connectivity index (χ4n) is 8.14. The van der Waals surface area contributed by atoms with Crippen molar-refractivity contribution in [3.8, 4) is 44.8 Å². The summed E-state index contributed by atoms with van der Waals surface area (Å²) < 4.78 is 12.8. The van der Waals surface area contributed by atoms with Gasteiger partial charge in [-0.3, -0.25) is 0 Å². The van der Waals surface area contributed by atoms with Gasteiger partial charge < -0.3 is 13.7 Å². The molecule has 0 radical (unpaired) electrons. The van der Waals surface area contributed by atoms with Crippen molar-refractivity contribution in [3.63, 3.8) is 0 Å². The van der Waals surface area contributed by atoms with Gasteiger partial charge in [-0.25, -0.2) is 4.98 Å². The maximum atomic E-state index is 6.42. The molecule has 11 aromatic rings. The number of aromatic nitrogens is 1. The van der Waals surface area contributed by atoms with Crippen molar-refractivity contribution >= 4 is 60.9 Å². The topological polar surface area (TPSA) is 42.4 Å². The predicted molar refractivity (Wildman–Crippen MR) is 235 cm³/mol. The quantitative estimate of drug-likeness (QED) is 0.164. The normalized spacial score (nSPS) is 11.5. The van der Waals surface area contributed by atoms with Crippen LogP contribution in [-0.4, -0.2) is 4.98 Å². The minimum Gasteiger partial charge on any atom is -0.456 e. The lowest BCUT2D eigenvalue weighted by atomic mass is 9.96. The molecule has 0 unspecified atom stereocenters. The minimum absolute atomic E-state index is 0.598. The van der Waals surface area contributed by atoms with Crippen LogP contribution in [-0.2, 0) is 0 Å². The van der Waals surface area contributed by atoms with Crippen LogP contribution in [0.4, 0.5) is 17.1 Å². The fraction of sp³-hybridized carbons (Fsp3) is 0. The number of rotatable bonds is 7. The first-order valence-electron chi connectivity index (χ1n) is 19.2. The Morgan fingerprint density at radius 3 is 1.60 bits per heavy atom. The molecule has 0 amide bonds. The van der Waals surface area contributed by atoms with Crippen LogP contribution in [0, 0.1) is 0 Å². The number of hydrogen-bond donors (Lipinski definition) is 0. The van der Waals surface area contributed by atoms with Crippen molar-refractivity contribution in [2.45, 2.75) is 0 Å². The first-order chi connectivity index (χ1) is 28.2. The van der Waals surface area contributed by atoms with Gasteiger partial charge in [-0.2, -0.15) is 0 Å². The molecule has 0 atom stereocenters. The highest BCUT2D eigenvalue weighted by Crippen LogP contribution is 2.44. The molecule has 0 aliphatic carbocycles. The Labute approximate surface area is 329 Å². The van der Waals surface area contributed by atoms with Gasteiger partial charge in [0.15, 0.2) is 5.58 Å². The lowest BCUT2D eigenvalue weighted by Crippen LogP contribution is -2.10. The van der Waals surface area contributed by atoms with Crippen molar-refractivity contribution in [2.75, 3.05) is 4.90 Å². The van der Waals surface area contributed by atoms with Crippen molar-refractivity contribution in [1.82, 2.24) is 4.98 Å². The zero-order valence-corrected chi connectivity index (χ0v) is 30.8. The molecular weight excluding hydrogens is 697 g/mol. The molecule has 0 aliphatic heterocycles. The first-order valence-corrected chi connectivity index (χ1v) is 19.2. The Balaban J connectivity index is 1.02. The number of fused-ring (bicyclic) bond motifs is 6. The first kappa shape index (κ1) is 32.7. The lowest BCUT2D eigenvalue weighted by Gasteiger charge is -2.28. The number of hydrogen-bond acceptors (Lipinski definition) is 4. The van der Waals surface area contributed by atoms with E-state index in [1.807, 2.05) is 42.5 Å². The van der Waals surface area contributed by atoms with Gasteiger partial charge in [0.1, 0.15) is 16.7 Å². The summed E-state index contributed by atoms with van der Waals surface area (Å²) in [6, 6.07) is 72.5. The van der Waals surface area contributed by atoms with E-state index in [1.165, 1.54) is 33.0 Å². The van der Waals surface area contributed by atoms with Gasteiger partial charge in [-0.15, -0.1) is 0 Å². The van der Waals surface area contributed by atoms with Crippen LogP contribution >= 0.6 is 0 Å². The molecule has 2 heterocycles. The lowest BCUT2D eigenvalue weighted by molar-refractivity contribution is 0.622. The average Bonchev–Trinajstić information content (AvgIpc) is 3.90.